The molecule has 9 heteroatoms. The number of hydrogen-bond donors (Lipinski definition) is 0. The van der Waals surface area contributed by atoms with Gasteiger partial charge >= 0.3 is 6.36 Å². The zero-order valence-corrected chi connectivity index (χ0v) is 16.8. The molecule has 1 fully saturated rings. The summed E-state index contributed by atoms with van der Waals surface area (Å²) in [5, 5.41) is 0. The van der Waals surface area contributed by atoms with Crippen LogP contribution in [0.4, 0.5) is 13.2 Å². The van der Waals surface area contributed by atoms with E-state index in [1.807, 2.05) is 30.3 Å². The maximum atomic E-state index is 13.1. The molecule has 1 aliphatic heterocycles. The Morgan fingerprint density at radius 2 is 1.76 bits per heavy atom. The van der Waals surface area contributed by atoms with Gasteiger partial charge in [-0.25, -0.2) is 8.42 Å². The number of hydrogen-bond acceptors (Lipinski definition) is 4. The van der Waals surface area contributed by atoms with E-state index in [2.05, 4.69) is 9.64 Å². The Kier molecular flexibility index (Phi) is 6.50. The van der Waals surface area contributed by atoms with Crippen LogP contribution in [0.25, 0.3) is 0 Å². The Bertz CT molecular complexity index is 903. The standard InChI is InChI=1S/C20H23F3N2O3S/c1-2-25(17-12-13-24(15-17)14-16-6-4-3-5-7-16)29(26,27)19-10-8-18(9-11-19)28-20(21,22)23/h3-11,17H,2,12-15H2,1H3. The SMILES string of the molecule is CCN(C1CCN(Cc2ccccc2)C1)S(=O)(=O)c1ccc(OC(F)(F)F)cc1. The van der Waals surface area contributed by atoms with Crippen molar-refractivity contribution in [3.05, 3.63) is 60.2 Å². The fraction of sp³-hybridized carbons (Fsp3) is 0.400. The van der Waals surface area contributed by atoms with Gasteiger partial charge in [-0.1, -0.05) is 37.3 Å². The molecule has 2 aromatic carbocycles. The van der Waals surface area contributed by atoms with Gasteiger partial charge in [0.2, 0.25) is 10.0 Å². The fourth-order valence-electron chi connectivity index (χ4n) is 3.61. The monoisotopic (exact) mass is 428 g/mol. The lowest BCUT2D eigenvalue weighted by Gasteiger charge is -2.27. The molecule has 29 heavy (non-hydrogen) atoms. The summed E-state index contributed by atoms with van der Waals surface area (Å²) in [7, 11) is -3.82. The van der Waals surface area contributed by atoms with Crippen LogP contribution in [-0.4, -0.2) is 49.7 Å². The molecule has 5 nitrogen and oxygen atoms in total. The van der Waals surface area contributed by atoms with Gasteiger partial charge in [0.05, 0.1) is 4.90 Å². The lowest BCUT2D eigenvalue weighted by Crippen LogP contribution is -2.41. The highest BCUT2D eigenvalue weighted by molar-refractivity contribution is 7.89. The zero-order valence-electron chi connectivity index (χ0n) is 16.0. The summed E-state index contributed by atoms with van der Waals surface area (Å²) in [5.41, 5.74) is 1.17. The summed E-state index contributed by atoms with van der Waals surface area (Å²) in [6, 6.07) is 14.1. The highest BCUT2D eigenvalue weighted by Crippen LogP contribution is 2.27. The summed E-state index contributed by atoms with van der Waals surface area (Å²) in [6.07, 6.45) is -4.11. The average molecular weight is 428 g/mol. The van der Waals surface area contributed by atoms with Gasteiger partial charge in [-0.05, 0) is 36.2 Å². The molecule has 1 unspecified atom stereocenters. The number of nitrogens with zero attached hydrogens (tertiary/aromatic N) is 2. The van der Waals surface area contributed by atoms with Crippen LogP contribution in [0, 0.1) is 0 Å². The highest BCUT2D eigenvalue weighted by Gasteiger charge is 2.35. The molecule has 1 heterocycles. The van der Waals surface area contributed by atoms with E-state index in [0.717, 1.165) is 37.4 Å². The lowest BCUT2D eigenvalue weighted by atomic mass is 10.2. The molecule has 0 radical (unpaired) electrons. The molecule has 0 bridgehead atoms. The zero-order chi connectivity index (χ0) is 21.1. The Morgan fingerprint density at radius 1 is 1.10 bits per heavy atom. The third-order valence-corrected chi connectivity index (χ3v) is 6.92. The molecule has 0 aromatic heterocycles. The second kappa shape index (κ2) is 8.73. The van der Waals surface area contributed by atoms with Gasteiger partial charge < -0.3 is 4.74 Å². The largest absolute Gasteiger partial charge is 0.573 e. The van der Waals surface area contributed by atoms with E-state index in [9.17, 15) is 21.6 Å². The Balaban J connectivity index is 1.70. The first kappa shape index (κ1) is 21.6. The van der Waals surface area contributed by atoms with E-state index >= 15 is 0 Å². The Hall–Kier alpha value is -2.10. The number of rotatable bonds is 7. The molecule has 0 spiro atoms. The molecule has 1 aliphatic rings. The van der Waals surface area contributed by atoms with Gasteiger partial charge in [0, 0.05) is 32.2 Å². The quantitative estimate of drug-likeness (QED) is 0.672. The summed E-state index contributed by atoms with van der Waals surface area (Å²) < 4.78 is 68.3. The first-order chi connectivity index (χ1) is 13.7. The predicted octanol–water partition coefficient (Wildman–Crippen LogP) is 3.87. The van der Waals surface area contributed by atoms with E-state index in [4.69, 9.17) is 0 Å². The molecule has 0 N–H and O–H groups in total. The minimum Gasteiger partial charge on any atom is -0.406 e. The first-order valence-electron chi connectivity index (χ1n) is 9.33. The third-order valence-electron chi connectivity index (χ3n) is 4.88. The molecule has 1 saturated heterocycles. The average Bonchev–Trinajstić information content (AvgIpc) is 3.10. The van der Waals surface area contributed by atoms with E-state index in [1.54, 1.807) is 6.92 Å². The predicted molar refractivity (Wildman–Crippen MR) is 103 cm³/mol. The van der Waals surface area contributed by atoms with Gasteiger partial charge in [0.15, 0.2) is 0 Å². The van der Waals surface area contributed by atoms with Crippen molar-refractivity contribution in [2.75, 3.05) is 19.6 Å². The van der Waals surface area contributed by atoms with Gasteiger partial charge in [0.1, 0.15) is 5.75 Å². The van der Waals surface area contributed by atoms with Crippen LogP contribution in [0.5, 0.6) is 5.75 Å². The maximum absolute atomic E-state index is 13.1. The van der Waals surface area contributed by atoms with E-state index < -0.39 is 22.1 Å². The Morgan fingerprint density at radius 3 is 2.34 bits per heavy atom. The van der Waals surface area contributed by atoms with Crippen molar-refractivity contribution in [2.45, 2.75) is 37.2 Å². The number of benzene rings is 2. The van der Waals surface area contributed by atoms with Crippen LogP contribution in [0.15, 0.2) is 59.5 Å². The number of halogens is 3. The van der Waals surface area contributed by atoms with Crippen molar-refractivity contribution < 1.29 is 26.3 Å². The van der Waals surface area contributed by atoms with Gasteiger partial charge in [-0.3, -0.25) is 4.90 Å². The van der Waals surface area contributed by atoms with Crippen LogP contribution in [0.3, 0.4) is 0 Å². The fourth-order valence-corrected chi connectivity index (χ4v) is 5.26. The van der Waals surface area contributed by atoms with Crippen LogP contribution >= 0.6 is 0 Å². The second-order valence-electron chi connectivity index (χ2n) is 6.89. The number of likely N-dealkylation sites (N-methyl/N-ethyl adjacent to an activating group) is 1. The summed E-state index contributed by atoms with van der Waals surface area (Å²) in [6.45, 7) is 4.19. The molecular formula is C20H23F3N2O3S. The van der Waals surface area contributed by atoms with Gasteiger partial charge in [0.25, 0.3) is 0 Å². The van der Waals surface area contributed by atoms with Crippen molar-refractivity contribution in [3.63, 3.8) is 0 Å². The van der Waals surface area contributed by atoms with Gasteiger partial charge in [-0.15, -0.1) is 13.2 Å². The number of ether oxygens (including phenoxy) is 1. The van der Waals surface area contributed by atoms with E-state index in [0.29, 0.717) is 13.0 Å². The number of alkyl halides is 3. The van der Waals surface area contributed by atoms with Crippen LogP contribution in [-0.2, 0) is 16.6 Å². The molecule has 0 aliphatic carbocycles. The third kappa shape index (κ3) is 5.49. The molecular weight excluding hydrogens is 405 g/mol. The van der Waals surface area contributed by atoms with Crippen LogP contribution < -0.4 is 4.74 Å². The molecule has 0 amide bonds. The maximum Gasteiger partial charge on any atom is 0.573 e. The van der Waals surface area contributed by atoms with E-state index in [-0.39, 0.29) is 17.5 Å². The topological polar surface area (TPSA) is 49.9 Å². The minimum absolute atomic E-state index is 0.0459. The normalized spacial score (nSPS) is 18.3. The molecule has 3 rings (SSSR count). The number of sulfonamides is 1. The van der Waals surface area contributed by atoms with Crippen molar-refractivity contribution >= 4 is 10.0 Å². The summed E-state index contributed by atoms with van der Waals surface area (Å²) in [5.74, 6) is -0.450. The van der Waals surface area contributed by atoms with Gasteiger partial charge in [-0.2, -0.15) is 4.31 Å². The Labute approximate surface area is 168 Å². The smallest absolute Gasteiger partial charge is 0.406 e. The summed E-state index contributed by atoms with van der Waals surface area (Å²) >= 11 is 0. The summed E-state index contributed by atoms with van der Waals surface area (Å²) in [4.78, 5) is 2.16. The molecule has 2 aromatic rings. The molecule has 158 valence electrons. The van der Waals surface area contributed by atoms with Crippen LogP contribution in [0.1, 0.15) is 18.9 Å². The lowest BCUT2D eigenvalue weighted by molar-refractivity contribution is -0.274. The molecule has 0 saturated carbocycles. The first-order valence-corrected chi connectivity index (χ1v) is 10.8. The van der Waals surface area contributed by atoms with Crippen molar-refractivity contribution in [1.82, 2.24) is 9.21 Å². The minimum atomic E-state index is -4.82. The van der Waals surface area contributed by atoms with E-state index in [1.165, 1.54) is 9.87 Å². The van der Waals surface area contributed by atoms with Crippen molar-refractivity contribution in [3.8, 4) is 5.75 Å². The highest BCUT2D eigenvalue weighted by atomic mass is 32.2. The molecule has 1 atom stereocenters. The number of likely N-dealkylation sites (tertiary alicyclic amines) is 1. The van der Waals surface area contributed by atoms with Crippen molar-refractivity contribution in [1.29, 1.82) is 0 Å². The van der Waals surface area contributed by atoms with Crippen molar-refractivity contribution in [2.24, 2.45) is 0 Å². The van der Waals surface area contributed by atoms with Crippen LogP contribution in [0.2, 0.25) is 0 Å². The second-order valence-corrected chi connectivity index (χ2v) is 8.78.